The first-order chi connectivity index (χ1) is 25.6. The SMILES string of the molecule is CC1(C)c2ccccc2-c2ccc(N(c3ccc(-c4ccccc4)cc3)c3ccccc3-c3cc(-c4ccccc4)ccc3-c3ccccc3)cc21. The monoisotopic (exact) mass is 665 g/mol. The van der Waals surface area contributed by atoms with E-state index < -0.39 is 0 Å². The molecule has 0 unspecified atom stereocenters. The average Bonchev–Trinajstić information content (AvgIpc) is 3.44. The van der Waals surface area contributed by atoms with Crippen LogP contribution in [0.3, 0.4) is 0 Å². The maximum Gasteiger partial charge on any atom is 0.0540 e. The van der Waals surface area contributed by atoms with E-state index in [1.54, 1.807) is 0 Å². The van der Waals surface area contributed by atoms with E-state index in [1.807, 2.05) is 0 Å². The predicted molar refractivity (Wildman–Crippen MR) is 220 cm³/mol. The summed E-state index contributed by atoms with van der Waals surface area (Å²) in [5.41, 5.74) is 18.2. The van der Waals surface area contributed by atoms with Crippen molar-refractivity contribution in [3.8, 4) is 55.6 Å². The first-order valence-corrected chi connectivity index (χ1v) is 18.1. The maximum atomic E-state index is 2.45. The first kappa shape index (κ1) is 31.5. The number of rotatable bonds is 7. The molecule has 0 radical (unpaired) electrons. The average molecular weight is 666 g/mol. The third-order valence-electron chi connectivity index (χ3n) is 10.7. The van der Waals surface area contributed by atoms with Gasteiger partial charge in [-0.05, 0) is 97.6 Å². The fourth-order valence-electron chi connectivity index (χ4n) is 8.04. The Labute approximate surface area is 307 Å². The lowest BCUT2D eigenvalue weighted by Gasteiger charge is -2.30. The Bertz CT molecular complexity index is 2510. The largest absolute Gasteiger partial charge is 0.310 e. The number of fused-ring (bicyclic) bond motifs is 3. The van der Waals surface area contributed by atoms with E-state index in [4.69, 9.17) is 0 Å². The van der Waals surface area contributed by atoms with Crippen LogP contribution in [0, 0.1) is 0 Å². The summed E-state index contributed by atoms with van der Waals surface area (Å²) in [5.74, 6) is 0. The molecule has 52 heavy (non-hydrogen) atoms. The normalized spacial score (nSPS) is 12.6. The third kappa shape index (κ3) is 5.52. The molecule has 0 amide bonds. The highest BCUT2D eigenvalue weighted by Crippen LogP contribution is 2.51. The molecule has 0 aliphatic heterocycles. The highest BCUT2D eigenvalue weighted by Gasteiger charge is 2.36. The van der Waals surface area contributed by atoms with Crippen LogP contribution in [0.4, 0.5) is 17.1 Å². The van der Waals surface area contributed by atoms with Crippen molar-refractivity contribution in [2.45, 2.75) is 19.3 Å². The molecule has 8 aromatic rings. The molecule has 0 atom stereocenters. The van der Waals surface area contributed by atoms with E-state index in [0.29, 0.717) is 0 Å². The fourth-order valence-corrected chi connectivity index (χ4v) is 8.04. The van der Waals surface area contributed by atoms with Gasteiger partial charge < -0.3 is 4.90 Å². The van der Waals surface area contributed by atoms with E-state index >= 15 is 0 Å². The van der Waals surface area contributed by atoms with Crippen LogP contribution in [0.1, 0.15) is 25.0 Å². The quantitative estimate of drug-likeness (QED) is 0.164. The zero-order valence-corrected chi connectivity index (χ0v) is 29.5. The molecule has 8 aromatic carbocycles. The van der Waals surface area contributed by atoms with Crippen LogP contribution in [0.2, 0.25) is 0 Å². The molecule has 0 N–H and O–H groups in total. The molecule has 248 valence electrons. The zero-order valence-electron chi connectivity index (χ0n) is 29.5. The molecule has 0 fully saturated rings. The molecular weight excluding hydrogens is 627 g/mol. The highest BCUT2D eigenvalue weighted by molar-refractivity contribution is 5.96. The van der Waals surface area contributed by atoms with Gasteiger partial charge in [0, 0.05) is 22.4 Å². The lowest BCUT2D eigenvalue weighted by Crippen LogP contribution is -2.17. The standard InChI is InChI=1S/C51H39N/c1-51(2)48-24-14-12-22-44(48)45-33-31-42(35-49(45)51)52(41-29-26-38(27-30-41)36-16-6-3-7-17-36)50-25-15-13-23-46(50)47-34-40(37-18-8-4-9-19-37)28-32-43(47)39-20-10-5-11-21-39/h3-35H,1-2H3. The van der Waals surface area contributed by atoms with Gasteiger partial charge in [-0.25, -0.2) is 0 Å². The van der Waals surface area contributed by atoms with Gasteiger partial charge in [0.25, 0.3) is 0 Å². The number of benzene rings is 8. The number of nitrogens with zero attached hydrogens (tertiary/aromatic N) is 1. The summed E-state index contributed by atoms with van der Waals surface area (Å²) in [6.45, 7) is 4.71. The number of hydrogen-bond donors (Lipinski definition) is 0. The summed E-state index contributed by atoms with van der Waals surface area (Å²) in [6, 6.07) is 72.9. The van der Waals surface area contributed by atoms with Crippen molar-refractivity contribution in [1.82, 2.24) is 0 Å². The van der Waals surface area contributed by atoms with Crippen molar-refractivity contribution in [2.24, 2.45) is 0 Å². The van der Waals surface area contributed by atoms with Crippen molar-refractivity contribution in [3.05, 3.63) is 211 Å². The fraction of sp³-hybridized carbons (Fsp3) is 0.0588. The van der Waals surface area contributed by atoms with Crippen LogP contribution < -0.4 is 4.90 Å². The molecule has 0 saturated heterocycles. The molecule has 1 nitrogen and oxygen atoms in total. The number of hydrogen-bond acceptors (Lipinski definition) is 1. The third-order valence-corrected chi connectivity index (χ3v) is 10.7. The van der Waals surface area contributed by atoms with Crippen LogP contribution in [-0.2, 0) is 5.41 Å². The summed E-state index contributed by atoms with van der Waals surface area (Å²) < 4.78 is 0. The van der Waals surface area contributed by atoms with E-state index in [0.717, 1.165) is 17.1 Å². The molecule has 0 aromatic heterocycles. The maximum absolute atomic E-state index is 2.45. The van der Waals surface area contributed by atoms with Gasteiger partial charge in [0.15, 0.2) is 0 Å². The van der Waals surface area contributed by atoms with E-state index in [1.165, 1.54) is 66.8 Å². The molecule has 1 aliphatic carbocycles. The van der Waals surface area contributed by atoms with E-state index in [9.17, 15) is 0 Å². The minimum Gasteiger partial charge on any atom is -0.310 e. The molecule has 0 bridgehead atoms. The van der Waals surface area contributed by atoms with Crippen LogP contribution in [0.25, 0.3) is 55.6 Å². The van der Waals surface area contributed by atoms with Gasteiger partial charge in [0.1, 0.15) is 0 Å². The Morgan fingerprint density at radius 1 is 0.308 bits per heavy atom. The van der Waals surface area contributed by atoms with Crippen molar-refractivity contribution >= 4 is 17.1 Å². The Hall–Kier alpha value is -6.44. The minimum atomic E-state index is -0.116. The van der Waals surface area contributed by atoms with Crippen LogP contribution >= 0.6 is 0 Å². The van der Waals surface area contributed by atoms with Crippen LogP contribution in [-0.4, -0.2) is 0 Å². The van der Waals surface area contributed by atoms with Gasteiger partial charge in [0.2, 0.25) is 0 Å². The minimum absolute atomic E-state index is 0.116. The van der Waals surface area contributed by atoms with Gasteiger partial charge in [-0.1, -0.05) is 178 Å². The summed E-state index contributed by atoms with van der Waals surface area (Å²) in [7, 11) is 0. The highest BCUT2D eigenvalue weighted by atomic mass is 15.1. The van der Waals surface area contributed by atoms with E-state index in [-0.39, 0.29) is 5.41 Å². The second kappa shape index (κ2) is 13.0. The summed E-state index contributed by atoms with van der Waals surface area (Å²) in [6.07, 6.45) is 0. The number of para-hydroxylation sites is 1. The molecule has 1 aliphatic rings. The topological polar surface area (TPSA) is 3.24 Å². The molecule has 0 saturated carbocycles. The first-order valence-electron chi connectivity index (χ1n) is 18.1. The smallest absolute Gasteiger partial charge is 0.0540 e. The molecule has 9 rings (SSSR count). The Kier molecular flexibility index (Phi) is 7.90. The second-order valence-corrected chi connectivity index (χ2v) is 14.2. The zero-order chi connectivity index (χ0) is 35.1. The molecule has 0 spiro atoms. The summed E-state index contributed by atoms with van der Waals surface area (Å²) in [4.78, 5) is 2.45. The second-order valence-electron chi connectivity index (χ2n) is 14.2. The Balaban J connectivity index is 1.27. The van der Waals surface area contributed by atoms with Gasteiger partial charge in [-0.15, -0.1) is 0 Å². The summed E-state index contributed by atoms with van der Waals surface area (Å²) >= 11 is 0. The summed E-state index contributed by atoms with van der Waals surface area (Å²) in [5, 5.41) is 0. The molecule has 0 heterocycles. The van der Waals surface area contributed by atoms with Gasteiger partial charge >= 0.3 is 0 Å². The lowest BCUT2D eigenvalue weighted by atomic mass is 9.82. The lowest BCUT2D eigenvalue weighted by molar-refractivity contribution is 0.660. The predicted octanol–water partition coefficient (Wildman–Crippen LogP) is 14.1. The van der Waals surface area contributed by atoms with Crippen molar-refractivity contribution < 1.29 is 0 Å². The van der Waals surface area contributed by atoms with Gasteiger partial charge in [-0.2, -0.15) is 0 Å². The molecule has 1 heteroatoms. The number of anilines is 3. The van der Waals surface area contributed by atoms with Gasteiger partial charge in [0.05, 0.1) is 5.69 Å². The Morgan fingerprint density at radius 2 is 0.788 bits per heavy atom. The van der Waals surface area contributed by atoms with Gasteiger partial charge in [-0.3, -0.25) is 0 Å². The van der Waals surface area contributed by atoms with Crippen molar-refractivity contribution in [2.75, 3.05) is 4.90 Å². The van der Waals surface area contributed by atoms with E-state index in [2.05, 4.69) is 219 Å². The van der Waals surface area contributed by atoms with Crippen LogP contribution in [0.15, 0.2) is 200 Å². The Morgan fingerprint density at radius 3 is 1.48 bits per heavy atom. The van der Waals surface area contributed by atoms with Crippen molar-refractivity contribution in [3.63, 3.8) is 0 Å². The molecular formula is C51H39N. The van der Waals surface area contributed by atoms with Crippen LogP contribution in [0.5, 0.6) is 0 Å². The van der Waals surface area contributed by atoms with Crippen molar-refractivity contribution in [1.29, 1.82) is 0 Å².